The molecule has 0 aliphatic heterocycles. The summed E-state index contributed by atoms with van der Waals surface area (Å²) in [6, 6.07) is 3.10. The van der Waals surface area contributed by atoms with E-state index in [0.717, 1.165) is 6.07 Å². The number of esters is 1. The van der Waals surface area contributed by atoms with Gasteiger partial charge in [0.25, 0.3) is 5.91 Å². The lowest BCUT2D eigenvalue weighted by molar-refractivity contribution is -0.143. The van der Waals surface area contributed by atoms with Gasteiger partial charge in [0, 0.05) is 5.56 Å². The molecule has 5 nitrogen and oxygen atoms in total. The van der Waals surface area contributed by atoms with E-state index in [1.807, 2.05) is 13.8 Å². The molecule has 0 unspecified atom stereocenters. The predicted octanol–water partition coefficient (Wildman–Crippen LogP) is 2.15. The molecule has 1 aromatic rings. The highest BCUT2D eigenvalue weighted by atomic mass is 19.1. The van der Waals surface area contributed by atoms with Crippen LogP contribution in [0, 0.1) is 11.7 Å². The topological polar surface area (TPSA) is 64.6 Å². The molecule has 0 saturated carbocycles. The van der Waals surface area contributed by atoms with Gasteiger partial charge in [-0.05, 0) is 30.5 Å². The van der Waals surface area contributed by atoms with Crippen molar-refractivity contribution in [2.75, 3.05) is 14.2 Å². The lowest BCUT2D eigenvalue weighted by Gasteiger charge is -2.18. The number of benzene rings is 1. The van der Waals surface area contributed by atoms with Crippen molar-refractivity contribution in [3.8, 4) is 5.75 Å². The maximum absolute atomic E-state index is 13.6. The van der Waals surface area contributed by atoms with Crippen molar-refractivity contribution < 1.29 is 23.5 Å². The fourth-order valence-corrected chi connectivity index (χ4v) is 1.88. The van der Waals surface area contributed by atoms with E-state index in [9.17, 15) is 14.0 Å². The predicted molar refractivity (Wildman–Crippen MR) is 75.7 cm³/mol. The van der Waals surface area contributed by atoms with Crippen molar-refractivity contribution in [1.29, 1.82) is 0 Å². The second-order valence-electron chi connectivity index (χ2n) is 5.03. The smallest absolute Gasteiger partial charge is 0.328 e. The molecule has 0 aliphatic carbocycles. The first-order valence-corrected chi connectivity index (χ1v) is 6.61. The van der Waals surface area contributed by atoms with E-state index in [-0.39, 0.29) is 17.2 Å². The molecule has 0 aromatic heterocycles. The van der Waals surface area contributed by atoms with Crippen molar-refractivity contribution in [2.24, 2.45) is 5.92 Å². The molecule has 0 heterocycles. The molecule has 0 aliphatic rings. The van der Waals surface area contributed by atoms with Crippen LogP contribution >= 0.6 is 0 Å². The molecule has 1 amide bonds. The molecule has 1 N–H and O–H groups in total. The van der Waals surface area contributed by atoms with Gasteiger partial charge in [0.2, 0.25) is 0 Å². The van der Waals surface area contributed by atoms with E-state index < -0.39 is 23.7 Å². The fourth-order valence-electron chi connectivity index (χ4n) is 1.88. The van der Waals surface area contributed by atoms with Crippen molar-refractivity contribution in [2.45, 2.75) is 26.3 Å². The normalized spacial score (nSPS) is 11.9. The van der Waals surface area contributed by atoms with Crippen LogP contribution in [-0.2, 0) is 9.53 Å². The minimum absolute atomic E-state index is 0.0539. The number of rotatable bonds is 6. The highest BCUT2D eigenvalue weighted by Crippen LogP contribution is 2.18. The maximum Gasteiger partial charge on any atom is 0.328 e. The Kier molecular flexibility index (Phi) is 6.14. The summed E-state index contributed by atoms with van der Waals surface area (Å²) < 4.78 is 23.0. The quantitative estimate of drug-likeness (QED) is 0.817. The molecule has 0 spiro atoms. The van der Waals surface area contributed by atoms with E-state index in [0.29, 0.717) is 6.42 Å². The zero-order valence-corrected chi connectivity index (χ0v) is 12.6. The summed E-state index contributed by atoms with van der Waals surface area (Å²) in [5, 5.41) is 2.56. The number of carbonyl (C=O) groups is 2. The van der Waals surface area contributed by atoms with Crippen molar-refractivity contribution in [1.82, 2.24) is 5.32 Å². The minimum Gasteiger partial charge on any atom is -0.494 e. The summed E-state index contributed by atoms with van der Waals surface area (Å²) in [6.45, 7) is 3.85. The van der Waals surface area contributed by atoms with Crippen molar-refractivity contribution in [3.05, 3.63) is 29.6 Å². The standard InChI is InChI=1S/C15H20FNO4/c1-9(2)7-12(15(19)21-4)17-14(18)10-5-6-13(20-3)11(16)8-10/h5-6,8-9,12H,7H2,1-4H3,(H,17,18)/t12-/m1/s1. The molecule has 1 rings (SSSR count). The number of carbonyl (C=O) groups excluding carboxylic acids is 2. The first kappa shape index (κ1) is 16.9. The monoisotopic (exact) mass is 297 g/mol. The van der Waals surface area contributed by atoms with Gasteiger partial charge >= 0.3 is 5.97 Å². The summed E-state index contributed by atoms with van der Waals surface area (Å²) in [6.07, 6.45) is 0.442. The van der Waals surface area contributed by atoms with Gasteiger partial charge in [-0.15, -0.1) is 0 Å². The molecule has 6 heteroatoms. The molecule has 21 heavy (non-hydrogen) atoms. The zero-order chi connectivity index (χ0) is 16.0. The van der Waals surface area contributed by atoms with E-state index in [2.05, 4.69) is 10.1 Å². The Morgan fingerprint density at radius 3 is 2.43 bits per heavy atom. The Bertz CT molecular complexity index is 516. The van der Waals surface area contributed by atoms with Gasteiger partial charge in [0.05, 0.1) is 14.2 Å². The van der Waals surface area contributed by atoms with Crippen LogP contribution in [-0.4, -0.2) is 32.1 Å². The fraction of sp³-hybridized carbons (Fsp3) is 0.467. The minimum atomic E-state index is -0.757. The van der Waals surface area contributed by atoms with E-state index in [4.69, 9.17) is 4.74 Å². The van der Waals surface area contributed by atoms with Crippen LogP contribution in [0.15, 0.2) is 18.2 Å². The highest BCUT2D eigenvalue weighted by molar-refractivity contribution is 5.96. The maximum atomic E-state index is 13.6. The van der Waals surface area contributed by atoms with Crippen molar-refractivity contribution >= 4 is 11.9 Å². The number of methoxy groups -OCH3 is 2. The second-order valence-corrected chi connectivity index (χ2v) is 5.03. The van der Waals surface area contributed by atoms with Crippen LogP contribution < -0.4 is 10.1 Å². The Morgan fingerprint density at radius 1 is 1.29 bits per heavy atom. The summed E-state index contributed by atoms with van der Waals surface area (Å²) in [5.41, 5.74) is 0.117. The molecule has 0 saturated heterocycles. The third-order valence-electron chi connectivity index (χ3n) is 2.91. The molecule has 0 bridgehead atoms. The van der Waals surface area contributed by atoms with E-state index in [1.54, 1.807) is 0 Å². The Labute approximate surface area is 123 Å². The first-order chi connectivity index (χ1) is 9.88. The van der Waals surface area contributed by atoms with Crippen LogP contribution in [0.3, 0.4) is 0 Å². The largest absolute Gasteiger partial charge is 0.494 e. The number of ether oxygens (including phenoxy) is 2. The van der Waals surface area contributed by atoms with Crippen molar-refractivity contribution in [3.63, 3.8) is 0 Å². The molecule has 0 fully saturated rings. The molecular weight excluding hydrogens is 277 g/mol. The number of amides is 1. The molecule has 1 aromatic carbocycles. The number of hydrogen-bond donors (Lipinski definition) is 1. The Hall–Kier alpha value is -2.11. The Balaban J connectivity index is 2.86. The van der Waals surface area contributed by atoms with Crippen LogP contribution in [0.2, 0.25) is 0 Å². The van der Waals surface area contributed by atoms with E-state index >= 15 is 0 Å². The van der Waals surface area contributed by atoms with Gasteiger partial charge in [0.1, 0.15) is 6.04 Å². The van der Waals surface area contributed by atoms with E-state index in [1.165, 1.54) is 26.4 Å². The SMILES string of the molecule is COC(=O)[C@@H](CC(C)C)NC(=O)c1ccc(OC)c(F)c1. The summed E-state index contributed by atoms with van der Waals surface area (Å²) >= 11 is 0. The molecule has 0 radical (unpaired) electrons. The lowest BCUT2D eigenvalue weighted by Crippen LogP contribution is -2.42. The average molecular weight is 297 g/mol. The summed E-state index contributed by atoms with van der Waals surface area (Å²) in [7, 11) is 2.60. The number of nitrogens with one attached hydrogen (secondary N) is 1. The Morgan fingerprint density at radius 2 is 1.95 bits per heavy atom. The number of halogens is 1. The molecular formula is C15H20FNO4. The van der Waals surface area contributed by atoms with Crippen LogP contribution in [0.4, 0.5) is 4.39 Å². The summed E-state index contributed by atoms with van der Waals surface area (Å²) in [5.74, 6) is -1.44. The van der Waals surface area contributed by atoms with Gasteiger partial charge < -0.3 is 14.8 Å². The first-order valence-electron chi connectivity index (χ1n) is 6.61. The number of hydrogen-bond acceptors (Lipinski definition) is 4. The highest BCUT2D eigenvalue weighted by Gasteiger charge is 2.23. The lowest BCUT2D eigenvalue weighted by atomic mass is 10.0. The van der Waals surface area contributed by atoms with Gasteiger partial charge in [-0.2, -0.15) is 0 Å². The average Bonchev–Trinajstić information content (AvgIpc) is 2.44. The van der Waals surface area contributed by atoms with Crippen LogP contribution in [0.1, 0.15) is 30.6 Å². The van der Waals surface area contributed by atoms with Gasteiger partial charge in [0.15, 0.2) is 11.6 Å². The molecule has 1 atom stereocenters. The molecule has 116 valence electrons. The van der Waals surface area contributed by atoms with Gasteiger partial charge in [-0.1, -0.05) is 13.8 Å². The summed E-state index contributed by atoms with van der Waals surface area (Å²) in [4.78, 5) is 23.7. The zero-order valence-electron chi connectivity index (χ0n) is 12.6. The van der Waals surface area contributed by atoms with Crippen LogP contribution in [0.25, 0.3) is 0 Å². The van der Waals surface area contributed by atoms with Crippen LogP contribution in [0.5, 0.6) is 5.75 Å². The third kappa shape index (κ3) is 4.73. The van der Waals surface area contributed by atoms with Gasteiger partial charge in [-0.25, -0.2) is 9.18 Å². The third-order valence-corrected chi connectivity index (χ3v) is 2.91. The van der Waals surface area contributed by atoms with Gasteiger partial charge in [-0.3, -0.25) is 4.79 Å². The second kappa shape index (κ2) is 7.61.